The van der Waals surface area contributed by atoms with Crippen LogP contribution in [0.4, 0.5) is 10.1 Å². The van der Waals surface area contributed by atoms with Crippen molar-refractivity contribution in [3.8, 4) is 6.07 Å². The second-order valence-electron chi connectivity index (χ2n) is 5.83. The number of fused-ring (bicyclic) bond motifs is 1. The summed E-state index contributed by atoms with van der Waals surface area (Å²) < 4.78 is 53.6. The number of benzene rings is 2. The van der Waals surface area contributed by atoms with E-state index in [9.17, 15) is 27.2 Å². The van der Waals surface area contributed by atoms with Gasteiger partial charge in [0.2, 0.25) is 0 Å². The second-order valence-corrected chi connectivity index (χ2v) is 10.5. The van der Waals surface area contributed by atoms with Gasteiger partial charge in [-0.25, -0.2) is 12.8 Å². The highest BCUT2D eigenvalue weighted by Gasteiger charge is 2.36. The number of nitrogen functional groups attached to an aromatic ring is 1. The zero-order valence-corrected chi connectivity index (χ0v) is 16.4. The van der Waals surface area contributed by atoms with Gasteiger partial charge in [-0.2, -0.15) is 9.98 Å². The van der Waals surface area contributed by atoms with Crippen molar-refractivity contribution >= 4 is 44.7 Å². The van der Waals surface area contributed by atoms with Gasteiger partial charge in [-0.3, -0.25) is 4.57 Å². The van der Waals surface area contributed by atoms with E-state index in [0.717, 1.165) is 29.5 Å². The zero-order chi connectivity index (χ0) is 20.7. The van der Waals surface area contributed by atoms with Crippen LogP contribution in [0, 0.1) is 17.1 Å². The summed E-state index contributed by atoms with van der Waals surface area (Å²) in [6.45, 7) is 0. The summed E-state index contributed by atoms with van der Waals surface area (Å²) in [6.07, 6.45) is 0. The first-order valence-electron chi connectivity index (χ1n) is 7.57. The fraction of sp³-hybridized carbons (Fsp3) is 0.0625. The number of halogens is 1. The molecule has 1 unspecified atom stereocenters. The fourth-order valence-corrected chi connectivity index (χ4v) is 6.47. The number of nitrogens with zero attached hydrogens (tertiary/aromatic N) is 1. The average Bonchev–Trinajstić information content (AvgIpc) is 3.03. The predicted molar refractivity (Wildman–Crippen MR) is 102 cm³/mol. The number of hydrogen-bond donors (Lipinski definition) is 4. The van der Waals surface area contributed by atoms with E-state index in [1.807, 2.05) is 4.72 Å². The van der Waals surface area contributed by atoms with Gasteiger partial charge in [0.05, 0.1) is 5.56 Å². The summed E-state index contributed by atoms with van der Waals surface area (Å²) in [7, 11) is -9.40. The number of hydrogen-bond acceptors (Lipinski definition) is 6. The molecule has 146 valence electrons. The molecular weight excluding hydrogens is 428 g/mol. The third-order valence-corrected chi connectivity index (χ3v) is 8.10. The number of sulfonamides is 1. The van der Waals surface area contributed by atoms with Crippen molar-refractivity contribution in [1.29, 1.82) is 5.26 Å². The van der Waals surface area contributed by atoms with E-state index < -0.39 is 29.2 Å². The van der Waals surface area contributed by atoms with Crippen LogP contribution in [0.2, 0.25) is 0 Å². The highest BCUT2D eigenvalue weighted by molar-refractivity contribution is 7.92. The van der Waals surface area contributed by atoms with Crippen LogP contribution in [0.25, 0.3) is 10.1 Å². The molecule has 0 fully saturated rings. The maximum absolute atomic E-state index is 13.9. The van der Waals surface area contributed by atoms with E-state index >= 15 is 0 Å². The lowest BCUT2D eigenvalue weighted by Gasteiger charge is -2.20. The first-order valence-corrected chi connectivity index (χ1v) is 11.6. The molecule has 0 saturated heterocycles. The van der Waals surface area contributed by atoms with Crippen molar-refractivity contribution in [1.82, 2.24) is 4.72 Å². The topological polar surface area (TPSA) is 154 Å². The Bertz CT molecular complexity index is 1260. The SMILES string of the molecule is N#Cc1ccc(C(NS(=O)(=O)c2cc3cc(N)ccc3s2)P(=O)(O)O)cc1F. The van der Waals surface area contributed by atoms with Crippen molar-refractivity contribution < 1.29 is 27.2 Å². The molecule has 0 bridgehead atoms. The summed E-state index contributed by atoms with van der Waals surface area (Å²) in [6, 6.07) is 10.5. The Morgan fingerprint density at radius 3 is 2.54 bits per heavy atom. The highest BCUT2D eigenvalue weighted by atomic mass is 32.2. The molecule has 0 amide bonds. The molecule has 0 saturated carbocycles. The molecule has 12 heteroatoms. The van der Waals surface area contributed by atoms with Crippen LogP contribution in [-0.2, 0) is 14.6 Å². The van der Waals surface area contributed by atoms with Crippen LogP contribution in [-0.4, -0.2) is 18.2 Å². The summed E-state index contributed by atoms with van der Waals surface area (Å²) in [5.41, 5.74) is 5.46. The van der Waals surface area contributed by atoms with Crippen LogP contribution in [0.1, 0.15) is 16.9 Å². The molecule has 1 atom stereocenters. The summed E-state index contributed by atoms with van der Waals surface area (Å²) >= 11 is 0.894. The zero-order valence-electron chi connectivity index (χ0n) is 13.9. The number of rotatable bonds is 5. The number of anilines is 1. The first-order chi connectivity index (χ1) is 13.0. The Kier molecular flexibility index (Phi) is 5.29. The van der Waals surface area contributed by atoms with Crippen LogP contribution >= 0.6 is 18.9 Å². The van der Waals surface area contributed by atoms with Crippen LogP contribution in [0.15, 0.2) is 46.7 Å². The lowest BCUT2D eigenvalue weighted by atomic mass is 10.1. The molecule has 28 heavy (non-hydrogen) atoms. The minimum atomic E-state index is -5.06. The molecule has 0 aliphatic heterocycles. The van der Waals surface area contributed by atoms with Gasteiger partial charge in [-0.1, -0.05) is 6.07 Å². The number of nitrogens with one attached hydrogen (secondary N) is 1. The number of nitrogens with two attached hydrogens (primary N) is 1. The van der Waals surface area contributed by atoms with Crippen molar-refractivity contribution in [3.63, 3.8) is 0 Å². The predicted octanol–water partition coefficient (Wildman–Crippen LogP) is 2.65. The molecule has 0 spiro atoms. The number of nitriles is 1. The van der Waals surface area contributed by atoms with Gasteiger partial charge in [0.15, 0.2) is 0 Å². The van der Waals surface area contributed by atoms with E-state index in [-0.39, 0.29) is 15.3 Å². The van der Waals surface area contributed by atoms with E-state index in [4.69, 9.17) is 11.0 Å². The first kappa shape index (κ1) is 20.4. The maximum Gasteiger partial charge on any atom is 0.347 e. The molecule has 8 nitrogen and oxygen atoms in total. The van der Waals surface area contributed by atoms with Gasteiger partial charge < -0.3 is 15.5 Å². The third-order valence-electron chi connectivity index (χ3n) is 3.82. The quantitative estimate of drug-likeness (QED) is 0.351. The van der Waals surface area contributed by atoms with Gasteiger partial charge in [-0.15, -0.1) is 11.3 Å². The van der Waals surface area contributed by atoms with Crippen LogP contribution in [0.5, 0.6) is 0 Å². The van der Waals surface area contributed by atoms with Crippen molar-refractivity contribution in [2.24, 2.45) is 0 Å². The van der Waals surface area contributed by atoms with Gasteiger partial charge in [0, 0.05) is 10.4 Å². The summed E-state index contributed by atoms with van der Waals surface area (Å²) in [5.74, 6) is -3.04. The van der Waals surface area contributed by atoms with Crippen molar-refractivity contribution in [3.05, 3.63) is 59.4 Å². The lowest BCUT2D eigenvalue weighted by molar-refractivity contribution is 0.355. The molecule has 0 aliphatic rings. The highest BCUT2D eigenvalue weighted by Crippen LogP contribution is 2.51. The average molecular weight is 441 g/mol. The molecule has 5 N–H and O–H groups in total. The Hall–Kier alpha value is -2.32. The van der Waals surface area contributed by atoms with E-state index in [0.29, 0.717) is 15.8 Å². The lowest BCUT2D eigenvalue weighted by Crippen LogP contribution is -2.28. The van der Waals surface area contributed by atoms with Gasteiger partial charge >= 0.3 is 7.60 Å². The molecule has 3 aromatic rings. The molecule has 1 aromatic heterocycles. The Balaban J connectivity index is 2.03. The summed E-state index contributed by atoms with van der Waals surface area (Å²) in [5, 5.41) is 9.33. The van der Waals surface area contributed by atoms with Crippen molar-refractivity contribution in [2.45, 2.75) is 9.99 Å². The molecular formula is C16H13FN3O5PS2. The summed E-state index contributed by atoms with van der Waals surface area (Å²) in [4.78, 5) is 19.2. The van der Waals surface area contributed by atoms with Gasteiger partial charge in [0.25, 0.3) is 10.0 Å². The fourth-order valence-electron chi connectivity index (χ4n) is 2.50. The van der Waals surface area contributed by atoms with Crippen molar-refractivity contribution in [2.75, 3.05) is 5.73 Å². The Labute approximate surface area is 163 Å². The number of thiophene rings is 1. The van der Waals surface area contributed by atoms with Crippen LogP contribution in [0.3, 0.4) is 0 Å². The second kappa shape index (κ2) is 7.25. The molecule has 0 radical (unpaired) electrons. The van der Waals surface area contributed by atoms with Gasteiger partial charge in [-0.05, 0) is 47.3 Å². The Morgan fingerprint density at radius 2 is 1.93 bits per heavy atom. The standard InChI is InChI=1S/C16H13FN3O5PS2/c17-13-6-9(1-2-10(13)8-18)16(26(21,22)23)20-28(24,25)15-7-11-5-12(19)3-4-14(11)27-15/h1-7,16,20H,19H2,(H2,21,22,23). The molecule has 3 rings (SSSR count). The van der Waals surface area contributed by atoms with E-state index in [1.54, 1.807) is 24.3 Å². The smallest absolute Gasteiger partial charge is 0.347 e. The van der Waals surface area contributed by atoms with E-state index in [1.165, 1.54) is 6.07 Å². The van der Waals surface area contributed by atoms with Gasteiger partial charge in [0.1, 0.15) is 21.9 Å². The molecule has 0 aliphatic carbocycles. The largest absolute Gasteiger partial charge is 0.399 e. The molecule has 2 aromatic carbocycles. The molecule has 1 heterocycles. The third kappa shape index (κ3) is 4.07. The minimum Gasteiger partial charge on any atom is -0.399 e. The normalized spacial score (nSPS) is 13.4. The maximum atomic E-state index is 13.9. The van der Waals surface area contributed by atoms with E-state index in [2.05, 4.69) is 0 Å². The van der Waals surface area contributed by atoms with Crippen LogP contribution < -0.4 is 10.5 Å². The monoisotopic (exact) mass is 441 g/mol. The Morgan fingerprint density at radius 1 is 1.21 bits per heavy atom. The minimum absolute atomic E-state index is 0.180.